The fourth-order valence-electron chi connectivity index (χ4n) is 3.10. The molecule has 0 heterocycles. The smallest absolute Gasteiger partial charge is 0.242 e. The van der Waals surface area contributed by atoms with Crippen molar-refractivity contribution < 1.29 is 9.59 Å². The molecule has 0 radical (unpaired) electrons. The van der Waals surface area contributed by atoms with Gasteiger partial charge in [-0.2, -0.15) is 0 Å². The van der Waals surface area contributed by atoms with Gasteiger partial charge in [-0.05, 0) is 25.0 Å². The fourth-order valence-corrected chi connectivity index (χ4v) is 3.10. The third-order valence-electron chi connectivity index (χ3n) is 4.70. The van der Waals surface area contributed by atoms with Crippen molar-refractivity contribution in [1.29, 1.82) is 0 Å². The van der Waals surface area contributed by atoms with Gasteiger partial charge in [0, 0.05) is 32.5 Å². The maximum atomic E-state index is 12.8. The molecule has 0 bridgehead atoms. The van der Waals surface area contributed by atoms with Crippen LogP contribution in [0.4, 0.5) is 0 Å². The van der Waals surface area contributed by atoms with E-state index in [9.17, 15) is 9.59 Å². The Labute approximate surface area is 156 Å². The van der Waals surface area contributed by atoms with E-state index >= 15 is 0 Å². The highest BCUT2D eigenvalue weighted by Crippen LogP contribution is 2.28. The molecule has 0 aliphatic rings. The lowest BCUT2D eigenvalue weighted by Gasteiger charge is -2.25. The Kier molecular flexibility index (Phi) is 7.39. The number of rotatable bonds is 8. The number of amides is 2. The summed E-state index contributed by atoms with van der Waals surface area (Å²) in [4.78, 5) is 28.4. The van der Waals surface area contributed by atoms with Crippen LogP contribution >= 0.6 is 0 Å². The minimum atomic E-state index is -0.0248. The van der Waals surface area contributed by atoms with Gasteiger partial charge in [-0.15, -0.1) is 0 Å². The molecule has 26 heavy (non-hydrogen) atoms. The molecular formula is C22H28N2O2. The van der Waals surface area contributed by atoms with E-state index in [1.54, 1.807) is 16.8 Å². The zero-order valence-corrected chi connectivity index (χ0v) is 15.9. The van der Waals surface area contributed by atoms with Crippen LogP contribution in [-0.4, -0.2) is 48.3 Å². The Morgan fingerprint density at radius 2 is 1.27 bits per heavy atom. The molecule has 0 aliphatic heterocycles. The first-order valence-corrected chi connectivity index (χ1v) is 9.18. The van der Waals surface area contributed by atoms with Crippen LogP contribution in [0.3, 0.4) is 0 Å². The molecule has 2 aromatic carbocycles. The predicted octanol–water partition coefficient (Wildman–Crippen LogP) is 3.54. The molecule has 0 N–H and O–H groups in total. The highest BCUT2D eigenvalue weighted by atomic mass is 16.2. The lowest BCUT2D eigenvalue weighted by molar-refractivity contribution is -0.139. The first-order valence-electron chi connectivity index (χ1n) is 9.18. The maximum absolute atomic E-state index is 12.8. The summed E-state index contributed by atoms with van der Waals surface area (Å²) in [7, 11) is 1.71. The topological polar surface area (TPSA) is 40.6 Å². The summed E-state index contributed by atoms with van der Waals surface area (Å²) in [5, 5.41) is 0. The fraction of sp³-hybridized carbons (Fsp3) is 0.364. The quantitative estimate of drug-likeness (QED) is 0.729. The van der Waals surface area contributed by atoms with Gasteiger partial charge < -0.3 is 9.80 Å². The molecule has 0 aromatic heterocycles. The third-order valence-corrected chi connectivity index (χ3v) is 4.70. The van der Waals surface area contributed by atoms with Crippen LogP contribution in [0.1, 0.15) is 37.3 Å². The second-order valence-corrected chi connectivity index (χ2v) is 6.39. The van der Waals surface area contributed by atoms with Crippen molar-refractivity contribution in [2.24, 2.45) is 0 Å². The normalized spacial score (nSPS) is 10.6. The molecule has 0 saturated heterocycles. The van der Waals surface area contributed by atoms with Crippen molar-refractivity contribution in [1.82, 2.24) is 9.80 Å². The summed E-state index contributed by atoms with van der Waals surface area (Å²) >= 11 is 0. The molecule has 0 saturated carbocycles. The molecule has 2 rings (SSSR count). The van der Waals surface area contributed by atoms with Crippen LogP contribution in [0.2, 0.25) is 0 Å². The van der Waals surface area contributed by atoms with Gasteiger partial charge in [-0.1, -0.05) is 60.7 Å². The summed E-state index contributed by atoms with van der Waals surface area (Å²) in [6.07, 6.45) is 0.343. The van der Waals surface area contributed by atoms with E-state index in [4.69, 9.17) is 0 Å². The molecule has 4 heteroatoms. The standard InChI is InChI=1S/C22H28N2O2/c1-4-24(5-2)22(26)17-23(3)21(25)16-20(18-12-8-6-9-13-18)19-14-10-7-11-15-19/h6-15,20H,4-5,16-17H2,1-3H3. The average Bonchev–Trinajstić information content (AvgIpc) is 2.68. The Bertz CT molecular complexity index is 657. The molecular weight excluding hydrogens is 324 g/mol. The van der Waals surface area contributed by atoms with Crippen LogP contribution in [0.5, 0.6) is 0 Å². The Morgan fingerprint density at radius 3 is 1.69 bits per heavy atom. The average molecular weight is 352 g/mol. The number of nitrogens with zero attached hydrogens (tertiary/aromatic N) is 2. The first kappa shape index (κ1) is 19.7. The van der Waals surface area contributed by atoms with Gasteiger partial charge in [0.1, 0.15) is 0 Å². The molecule has 0 spiro atoms. The zero-order valence-electron chi connectivity index (χ0n) is 15.9. The van der Waals surface area contributed by atoms with Crippen LogP contribution < -0.4 is 0 Å². The van der Waals surface area contributed by atoms with E-state index in [0.29, 0.717) is 19.5 Å². The van der Waals surface area contributed by atoms with Gasteiger partial charge in [0.2, 0.25) is 11.8 Å². The first-order chi connectivity index (χ1) is 12.6. The Hall–Kier alpha value is -2.62. The van der Waals surface area contributed by atoms with Crippen molar-refractivity contribution in [2.75, 3.05) is 26.7 Å². The van der Waals surface area contributed by atoms with Crippen molar-refractivity contribution in [3.63, 3.8) is 0 Å². The van der Waals surface area contributed by atoms with E-state index in [-0.39, 0.29) is 24.3 Å². The third kappa shape index (κ3) is 5.19. The molecule has 2 aromatic rings. The molecule has 4 nitrogen and oxygen atoms in total. The van der Waals surface area contributed by atoms with E-state index in [0.717, 1.165) is 11.1 Å². The highest BCUT2D eigenvalue weighted by Gasteiger charge is 2.22. The van der Waals surface area contributed by atoms with E-state index in [1.165, 1.54) is 0 Å². The summed E-state index contributed by atoms with van der Waals surface area (Å²) < 4.78 is 0. The summed E-state index contributed by atoms with van der Waals surface area (Å²) in [5.41, 5.74) is 2.21. The lowest BCUT2D eigenvalue weighted by Crippen LogP contribution is -2.41. The van der Waals surface area contributed by atoms with Crippen molar-refractivity contribution in [3.8, 4) is 0 Å². The number of hydrogen-bond acceptors (Lipinski definition) is 2. The maximum Gasteiger partial charge on any atom is 0.242 e. The molecule has 0 aliphatic carbocycles. The second-order valence-electron chi connectivity index (χ2n) is 6.39. The van der Waals surface area contributed by atoms with E-state index in [2.05, 4.69) is 0 Å². The van der Waals surface area contributed by atoms with Crippen molar-refractivity contribution >= 4 is 11.8 Å². The minimum Gasteiger partial charge on any atom is -0.342 e. The van der Waals surface area contributed by atoms with Gasteiger partial charge in [-0.3, -0.25) is 9.59 Å². The van der Waals surface area contributed by atoms with Crippen LogP contribution in [0.25, 0.3) is 0 Å². The van der Waals surface area contributed by atoms with Crippen molar-refractivity contribution in [3.05, 3.63) is 71.8 Å². The molecule has 2 amide bonds. The van der Waals surface area contributed by atoms with Gasteiger partial charge >= 0.3 is 0 Å². The molecule has 0 unspecified atom stereocenters. The van der Waals surface area contributed by atoms with Crippen LogP contribution in [-0.2, 0) is 9.59 Å². The van der Waals surface area contributed by atoms with E-state index in [1.807, 2.05) is 74.5 Å². The van der Waals surface area contributed by atoms with Crippen LogP contribution in [0, 0.1) is 0 Å². The molecule has 0 fully saturated rings. The van der Waals surface area contributed by atoms with Crippen molar-refractivity contribution in [2.45, 2.75) is 26.2 Å². The number of carbonyl (C=O) groups is 2. The molecule has 0 atom stereocenters. The highest BCUT2D eigenvalue weighted by molar-refractivity contribution is 5.85. The Balaban J connectivity index is 2.13. The van der Waals surface area contributed by atoms with Gasteiger partial charge in [0.15, 0.2) is 0 Å². The van der Waals surface area contributed by atoms with Crippen LogP contribution in [0.15, 0.2) is 60.7 Å². The molecule has 138 valence electrons. The second kappa shape index (κ2) is 9.76. The Morgan fingerprint density at radius 1 is 0.808 bits per heavy atom. The summed E-state index contributed by atoms with van der Waals surface area (Å²) in [6.45, 7) is 5.34. The number of hydrogen-bond donors (Lipinski definition) is 0. The van der Waals surface area contributed by atoms with E-state index < -0.39 is 0 Å². The van der Waals surface area contributed by atoms with Gasteiger partial charge in [0.25, 0.3) is 0 Å². The van der Waals surface area contributed by atoms with Gasteiger partial charge in [0.05, 0.1) is 6.54 Å². The van der Waals surface area contributed by atoms with Gasteiger partial charge in [-0.25, -0.2) is 0 Å². The predicted molar refractivity (Wildman–Crippen MR) is 105 cm³/mol. The number of likely N-dealkylation sites (N-methyl/N-ethyl adjacent to an activating group) is 2. The largest absolute Gasteiger partial charge is 0.342 e. The summed E-state index contributed by atoms with van der Waals surface area (Å²) in [6, 6.07) is 20.1. The number of benzene rings is 2. The summed E-state index contributed by atoms with van der Waals surface area (Å²) in [5.74, 6) is -0.0547. The zero-order chi connectivity index (χ0) is 18.9. The minimum absolute atomic E-state index is 0.0122. The monoisotopic (exact) mass is 352 g/mol. The SMILES string of the molecule is CCN(CC)C(=O)CN(C)C(=O)CC(c1ccccc1)c1ccccc1. The lowest BCUT2D eigenvalue weighted by atomic mass is 9.88. The number of carbonyl (C=O) groups excluding carboxylic acids is 2.